The van der Waals surface area contributed by atoms with Gasteiger partial charge in [0.05, 0.1) is 13.2 Å². The maximum Gasteiger partial charge on any atom is 0.232 e. The van der Waals surface area contributed by atoms with Crippen molar-refractivity contribution in [2.24, 2.45) is 0 Å². The lowest BCUT2D eigenvalue weighted by Gasteiger charge is -2.39. The summed E-state index contributed by atoms with van der Waals surface area (Å²) in [4.78, 5) is 4.17. The molecule has 1 saturated carbocycles. The molecule has 5 heteroatoms. The van der Waals surface area contributed by atoms with Crippen LogP contribution in [0.15, 0.2) is 10.9 Å². The van der Waals surface area contributed by atoms with Gasteiger partial charge in [-0.1, -0.05) is 12.1 Å². The normalized spacial score (nSPS) is 27.3. The van der Waals surface area contributed by atoms with Gasteiger partial charge in [-0.05, 0) is 12.8 Å². The summed E-state index contributed by atoms with van der Waals surface area (Å²) in [5.74, 6) is 0.417. The highest BCUT2D eigenvalue weighted by Crippen LogP contribution is 2.45. The van der Waals surface area contributed by atoms with Crippen molar-refractivity contribution in [2.45, 2.75) is 43.8 Å². The van der Waals surface area contributed by atoms with Crippen LogP contribution in [0.4, 0.5) is 0 Å². The fraction of sp³-hybridized carbons (Fsp3) is 0.818. The third-order valence-electron chi connectivity index (χ3n) is 3.81. The molecular formula is C11H16N2O3. The van der Waals surface area contributed by atoms with E-state index in [-0.39, 0.29) is 11.2 Å². The van der Waals surface area contributed by atoms with Crippen molar-refractivity contribution < 1.29 is 14.0 Å². The van der Waals surface area contributed by atoms with Gasteiger partial charge in [0.2, 0.25) is 5.89 Å². The third-order valence-corrected chi connectivity index (χ3v) is 3.81. The molecule has 2 aliphatic rings. The van der Waals surface area contributed by atoms with Crippen molar-refractivity contribution in [3.8, 4) is 0 Å². The van der Waals surface area contributed by atoms with E-state index in [0.717, 1.165) is 44.8 Å². The molecule has 0 aromatic carbocycles. The predicted molar refractivity (Wildman–Crippen MR) is 54.8 cm³/mol. The van der Waals surface area contributed by atoms with Gasteiger partial charge in [0, 0.05) is 18.3 Å². The Bertz CT molecular complexity index is 347. The van der Waals surface area contributed by atoms with Crippen molar-refractivity contribution in [3.63, 3.8) is 0 Å². The van der Waals surface area contributed by atoms with Crippen LogP contribution in [0.3, 0.4) is 0 Å². The van der Waals surface area contributed by atoms with Gasteiger partial charge in [-0.3, -0.25) is 0 Å². The average Bonchev–Trinajstić information content (AvgIpc) is 2.96. The highest BCUT2D eigenvalue weighted by atomic mass is 16.7. The Balaban J connectivity index is 1.74. The van der Waals surface area contributed by atoms with E-state index in [4.69, 9.17) is 14.0 Å². The summed E-state index contributed by atoms with van der Waals surface area (Å²) in [5.41, 5.74) is -0.0168. The van der Waals surface area contributed by atoms with E-state index in [1.807, 2.05) is 0 Å². The molecule has 1 aromatic heterocycles. The second-order valence-electron chi connectivity index (χ2n) is 4.91. The topological polar surface area (TPSA) is 57.4 Å². The number of nitrogens with zero attached hydrogens (tertiary/aromatic N) is 2. The fourth-order valence-electron chi connectivity index (χ4n) is 2.62. The molecule has 2 heterocycles. The Morgan fingerprint density at radius 2 is 1.81 bits per heavy atom. The summed E-state index contributed by atoms with van der Waals surface area (Å²) in [5, 5.41) is 3.68. The maximum absolute atomic E-state index is 5.70. The van der Waals surface area contributed by atoms with Crippen molar-refractivity contribution in [2.75, 3.05) is 13.2 Å². The Hall–Kier alpha value is -0.940. The molecule has 0 unspecified atom stereocenters. The van der Waals surface area contributed by atoms with Gasteiger partial charge in [0.15, 0.2) is 12.1 Å². The van der Waals surface area contributed by atoms with Gasteiger partial charge in [0.1, 0.15) is 0 Å². The molecule has 1 saturated heterocycles. The zero-order valence-corrected chi connectivity index (χ0v) is 9.44. The molecule has 1 aromatic rings. The van der Waals surface area contributed by atoms with E-state index in [2.05, 4.69) is 17.1 Å². The Morgan fingerprint density at radius 1 is 1.12 bits per heavy atom. The second-order valence-corrected chi connectivity index (χ2v) is 4.91. The lowest BCUT2D eigenvalue weighted by Crippen LogP contribution is -2.40. The molecule has 88 valence electrons. The summed E-state index contributed by atoms with van der Waals surface area (Å²) < 4.78 is 16.6. The summed E-state index contributed by atoms with van der Waals surface area (Å²) in [6, 6.07) is 0. The first-order valence-corrected chi connectivity index (χ1v) is 5.78. The van der Waals surface area contributed by atoms with Crippen LogP contribution in [0.1, 0.15) is 38.5 Å². The van der Waals surface area contributed by atoms with Crippen LogP contribution >= 0.6 is 0 Å². The van der Waals surface area contributed by atoms with Gasteiger partial charge in [0.25, 0.3) is 0 Å². The molecule has 2 fully saturated rings. The highest BCUT2D eigenvalue weighted by molar-refractivity contribution is 5.05. The van der Waals surface area contributed by atoms with Crippen LogP contribution in [0.25, 0.3) is 0 Å². The predicted octanol–water partition coefficient (Wildman–Crippen LogP) is 1.64. The van der Waals surface area contributed by atoms with Gasteiger partial charge >= 0.3 is 0 Å². The van der Waals surface area contributed by atoms with Crippen LogP contribution in [0, 0.1) is 0 Å². The van der Waals surface area contributed by atoms with Crippen molar-refractivity contribution in [1.29, 1.82) is 0 Å². The Kier molecular flexibility index (Phi) is 2.26. The van der Waals surface area contributed by atoms with E-state index >= 15 is 0 Å². The monoisotopic (exact) mass is 224 g/mol. The average molecular weight is 224 g/mol. The largest absolute Gasteiger partial charge is 0.348 e. The molecule has 0 atom stereocenters. The highest BCUT2D eigenvalue weighted by Gasteiger charge is 2.46. The number of ether oxygens (including phenoxy) is 2. The molecular weight excluding hydrogens is 208 g/mol. The SMILES string of the molecule is CC1(c2ncno2)CCC2(CC1)OCCO2. The molecule has 16 heavy (non-hydrogen) atoms. The quantitative estimate of drug-likeness (QED) is 0.725. The maximum atomic E-state index is 5.70. The van der Waals surface area contributed by atoms with Crippen LogP contribution in [0.2, 0.25) is 0 Å². The molecule has 3 rings (SSSR count). The molecule has 0 bridgehead atoms. The minimum absolute atomic E-state index is 0.0168. The van der Waals surface area contributed by atoms with Crippen molar-refractivity contribution in [1.82, 2.24) is 10.1 Å². The van der Waals surface area contributed by atoms with Gasteiger partial charge in [-0.25, -0.2) is 0 Å². The van der Waals surface area contributed by atoms with E-state index in [1.54, 1.807) is 0 Å². The van der Waals surface area contributed by atoms with Crippen LogP contribution in [-0.2, 0) is 14.9 Å². The van der Waals surface area contributed by atoms with E-state index in [9.17, 15) is 0 Å². The molecule has 1 aliphatic carbocycles. The number of hydrogen-bond acceptors (Lipinski definition) is 5. The minimum atomic E-state index is -0.320. The van der Waals surface area contributed by atoms with Gasteiger partial charge in [-0.2, -0.15) is 4.98 Å². The Labute approximate surface area is 94.1 Å². The number of aromatic nitrogens is 2. The molecule has 0 N–H and O–H groups in total. The van der Waals surface area contributed by atoms with Gasteiger partial charge in [-0.15, -0.1) is 0 Å². The van der Waals surface area contributed by atoms with Gasteiger partial charge < -0.3 is 14.0 Å². The van der Waals surface area contributed by atoms with Crippen LogP contribution in [-0.4, -0.2) is 29.1 Å². The summed E-state index contributed by atoms with van der Waals surface area (Å²) >= 11 is 0. The third kappa shape index (κ3) is 1.55. The Morgan fingerprint density at radius 3 is 2.38 bits per heavy atom. The summed E-state index contributed by atoms with van der Waals surface area (Å²) in [6.07, 6.45) is 5.22. The number of rotatable bonds is 1. The summed E-state index contributed by atoms with van der Waals surface area (Å²) in [7, 11) is 0. The fourth-order valence-corrected chi connectivity index (χ4v) is 2.62. The molecule has 0 amide bonds. The molecule has 1 spiro atoms. The first kappa shape index (κ1) is 10.2. The standard InChI is InChI=1S/C11H16N2O3/c1-10(9-12-8-13-16-9)2-4-11(5-3-10)14-6-7-15-11/h8H,2-7H2,1H3. The van der Waals surface area contributed by atoms with E-state index in [0.29, 0.717) is 0 Å². The first-order chi connectivity index (χ1) is 7.73. The molecule has 5 nitrogen and oxygen atoms in total. The molecule has 1 aliphatic heterocycles. The first-order valence-electron chi connectivity index (χ1n) is 5.78. The molecule has 0 radical (unpaired) electrons. The van der Waals surface area contributed by atoms with E-state index < -0.39 is 0 Å². The van der Waals surface area contributed by atoms with Crippen LogP contribution in [0.5, 0.6) is 0 Å². The van der Waals surface area contributed by atoms with Crippen molar-refractivity contribution >= 4 is 0 Å². The summed E-state index contributed by atoms with van der Waals surface area (Å²) in [6.45, 7) is 3.61. The number of hydrogen-bond donors (Lipinski definition) is 0. The lowest BCUT2D eigenvalue weighted by atomic mass is 9.73. The smallest absolute Gasteiger partial charge is 0.232 e. The lowest BCUT2D eigenvalue weighted by molar-refractivity contribution is -0.185. The zero-order chi connectivity index (χ0) is 11.1. The minimum Gasteiger partial charge on any atom is -0.348 e. The zero-order valence-electron chi connectivity index (χ0n) is 9.44. The van der Waals surface area contributed by atoms with Crippen molar-refractivity contribution in [3.05, 3.63) is 12.2 Å². The van der Waals surface area contributed by atoms with E-state index in [1.165, 1.54) is 6.33 Å². The van der Waals surface area contributed by atoms with Crippen LogP contribution < -0.4 is 0 Å². The second kappa shape index (κ2) is 3.53.